The minimum Gasteiger partial charge on any atom is -0.315 e. The van der Waals surface area contributed by atoms with Crippen molar-refractivity contribution >= 4 is 0 Å². The molecule has 0 fully saturated rings. The predicted octanol–water partition coefficient (Wildman–Crippen LogP) is 3.33. The second kappa shape index (κ2) is 7.10. The summed E-state index contributed by atoms with van der Waals surface area (Å²) >= 11 is 0. The highest BCUT2D eigenvalue weighted by molar-refractivity contribution is 5.61. The highest BCUT2D eigenvalue weighted by Crippen LogP contribution is 2.17. The van der Waals surface area contributed by atoms with Crippen molar-refractivity contribution in [3.8, 4) is 11.1 Å². The first-order valence-electron chi connectivity index (χ1n) is 7.11. The van der Waals surface area contributed by atoms with E-state index in [1.807, 2.05) is 16.9 Å². The first-order chi connectivity index (χ1) is 9.29. The fraction of sp³-hybridized carbons (Fsp3) is 0.438. The summed E-state index contributed by atoms with van der Waals surface area (Å²) in [6, 6.07) is 11.0. The fourth-order valence-corrected chi connectivity index (χ4v) is 2.28. The lowest BCUT2D eigenvalue weighted by molar-refractivity contribution is 0.472. The summed E-state index contributed by atoms with van der Waals surface area (Å²) in [5.74, 6) is 0. The minimum absolute atomic E-state index is 0.592. The molecule has 0 saturated carbocycles. The molecule has 3 nitrogen and oxygen atoms in total. The van der Waals surface area contributed by atoms with Crippen LogP contribution in [-0.4, -0.2) is 22.4 Å². The molecule has 19 heavy (non-hydrogen) atoms. The Morgan fingerprint density at radius 2 is 2.00 bits per heavy atom. The Hall–Kier alpha value is -1.61. The Morgan fingerprint density at radius 3 is 2.74 bits per heavy atom. The molecule has 1 heterocycles. The number of benzene rings is 1. The average molecular weight is 257 g/mol. The average Bonchev–Trinajstić information content (AvgIpc) is 2.89. The summed E-state index contributed by atoms with van der Waals surface area (Å²) in [5, 5.41) is 7.86. The number of hydrogen-bond acceptors (Lipinski definition) is 2. The molecule has 2 aromatic rings. The van der Waals surface area contributed by atoms with Gasteiger partial charge in [0.2, 0.25) is 0 Å². The van der Waals surface area contributed by atoms with Crippen LogP contribution in [0.25, 0.3) is 11.1 Å². The molecule has 0 bridgehead atoms. The summed E-state index contributed by atoms with van der Waals surface area (Å²) in [7, 11) is 0. The van der Waals surface area contributed by atoms with Gasteiger partial charge in [0.15, 0.2) is 0 Å². The van der Waals surface area contributed by atoms with Crippen molar-refractivity contribution in [3.05, 3.63) is 42.7 Å². The van der Waals surface area contributed by atoms with E-state index in [1.54, 1.807) is 0 Å². The van der Waals surface area contributed by atoms with Crippen molar-refractivity contribution < 1.29 is 0 Å². The minimum atomic E-state index is 0.592. The summed E-state index contributed by atoms with van der Waals surface area (Å²) in [4.78, 5) is 0. The monoisotopic (exact) mass is 257 g/mol. The van der Waals surface area contributed by atoms with E-state index < -0.39 is 0 Å². The Labute approximate surface area is 115 Å². The highest BCUT2D eigenvalue weighted by atomic mass is 15.3. The van der Waals surface area contributed by atoms with E-state index in [1.165, 1.54) is 17.5 Å². The van der Waals surface area contributed by atoms with Gasteiger partial charge in [0.25, 0.3) is 0 Å². The SMILES string of the molecule is CCNC(C)CCCn1cc(-c2ccccc2)cn1. The molecule has 3 heteroatoms. The van der Waals surface area contributed by atoms with Gasteiger partial charge < -0.3 is 5.32 Å². The van der Waals surface area contributed by atoms with Gasteiger partial charge in [-0.25, -0.2) is 0 Å². The fourth-order valence-electron chi connectivity index (χ4n) is 2.28. The van der Waals surface area contributed by atoms with Crippen LogP contribution >= 0.6 is 0 Å². The standard InChI is InChI=1S/C16H23N3/c1-3-17-14(2)8-7-11-19-13-16(12-18-19)15-9-5-4-6-10-15/h4-6,9-10,12-14,17H,3,7-8,11H2,1-2H3. The lowest BCUT2D eigenvalue weighted by Crippen LogP contribution is -2.25. The maximum absolute atomic E-state index is 4.43. The Morgan fingerprint density at radius 1 is 1.21 bits per heavy atom. The van der Waals surface area contributed by atoms with E-state index in [9.17, 15) is 0 Å². The second-order valence-electron chi connectivity index (χ2n) is 4.96. The van der Waals surface area contributed by atoms with Crippen molar-refractivity contribution in [3.63, 3.8) is 0 Å². The van der Waals surface area contributed by atoms with Gasteiger partial charge in [-0.05, 0) is 31.9 Å². The van der Waals surface area contributed by atoms with Crippen molar-refractivity contribution in [2.45, 2.75) is 39.3 Å². The first-order valence-corrected chi connectivity index (χ1v) is 7.11. The van der Waals surface area contributed by atoms with Gasteiger partial charge in [0.05, 0.1) is 6.20 Å². The highest BCUT2D eigenvalue weighted by Gasteiger charge is 2.02. The van der Waals surface area contributed by atoms with Crippen molar-refractivity contribution in [2.75, 3.05) is 6.54 Å². The van der Waals surface area contributed by atoms with Crippen LogP contribution in [0.2, 0.25) is 0 Å². The smallest absolute Gasteiger partial charge is 0.0568 e. The van der Waals surface area contributed by atoms with Crippen LogP contribution in [0.4, 0.5) is 0 Å². The van der Waals surface area contributed by atoms with Gasteiger partial charge in [-0.15, -0.1) is 0 Å². The van der Waals surface area contributed by atoms with Gasteiger partial charge in [-0.3, -0.25) is 4.68 Å². The molecule has 0 spiro atoms. The quantitative estimate of drug-likeness (QED) is 0.824. The van der Waals surface area contributed by atoms with Gasteiger partial charge >= 0.3 is 0 Å². The molecule has 1 atom stereocenters. The normalized spacial score (nSPS) is 12.5. The summed E-state index contributed by atoms with van der Waals surface area (Å²) in [6.45, 7) is 6.42. The molecule has 1 aromatic heterocycles. The van der Waals surface area contributed by atoms with E-state index in [-0.39, 0.29) is 0 Å². The summed E-state index contributed by atoms with van der Waals surface area (Å²) < 4.78 is 2.04. The molecule has 0 aliphatic heterocycles. The topological polar surface area (TPSA) is 29.9 Å². The van der Waals surface area contributed by atoms with Gasteiger partial charge in [0, 0.05) is 24.3 Å². The van der Waals surface area contributed by atoms with Crippen LogP contribution in [0.5, 0.6) is 0 Å². The second-order valence-corrected chi connectivity index (χ2v) is 4.96. The molecule has 1 aromatic carbocycles. The number of aromatic nitrogens is 2. The van der Waals surface area contributed by atoms with Crippen LogP contribution < -0.4 is 5.32 Å². The van der Waals surface area contributed by atoms with E-state index >= 15 is 0 Å². The lowest BCUT2D eigenvalue weighted by Gasteiger charge is -2.11. The molecule has 0 saturated heterocycles. The maximum Gasteiger partial charge on any atom is 0.0568 e. The molecule has 102 valence electrons. The van der Waals surface area contributed by atoms with Crippen LogP contribution in [0.15, 0.2) is 42.7 Å². The molecular formula is C16H23N3. The first kappa shape index (κ1) is 13.8. The summed E-state index contributed by atoms with van der Waals surface area (Å²) in [6.07, 6.45) is 6.43. The number of nitrogens with one attached hydrogen (secondary N) is 1. The predicted molar refractivity (Wildman–Crippen MR) is 80.0 cm³/mol. The van der Waals surface area contributed by atoms with Crippen LogP contribution in [0, 0.1) is 0 Å². The molecule has 0 amide bonds. The zero-order valence-corrected chi connectivity index (χ0v) is 11.8. The maximum atomic E-state index is 4.43. The van der Waals surface area contributed by atoms with Crippen LogP contribution in [0.1, 0.15) is 26.7 Å². The van der Waals surface area contributed by atoms with E-state index in [0.717, 1.165) is 19.5 Å². The Kier molecular flexibility index (Phi) is 5.16. The zero-order chi connectivity index (χ0) is 13.5. The van der Waals surface area contributed by atoms with Crippen LogP contribution in [0.3, 0.4) is 0 Å². The molecular weight excluding hydrogens is 234 g/mol. The van der Waals surface area contributed by atoms with E-state index in [0.29, 0.717) is 6.04 Å². The van der Waals surface area contributed by atoms with Crippen LogP contribution in [-0.2, 0) is 6.54 Å². The number of rotatable bonds is 7. The van der Waals surface area contributed by atoms with Crippen molar-refractivity contribution in [2.24, 2.45) is 0 Å². The Bertz CT molecular complexity index is 476. The third-order valence-electron chi connectivity index (χ3n) is 3.32. The molecule has 1 N–H and O–H groups in total. The molecule has 1 unspecified atom stereocenters. The van der Waals surface area contributed by atoms with Gasteiger partial charge in [0.1, 0.15) is 0 Å². The zero-order valence-electron chi connectivity index (χ0n) is 11.8. The molecule has 0 radical (unpaired) electrons. The number of hydrogen-bond donors (Lipinski definition) is 1. The number of nitrogens with zero attached hydrogens (tertiary/aromatic N) is 2. The lowest BCUT2D eigenvalue weighted by atomic mass is 10.1. The molecule has 0 aliphatic rings. The third kappa shape index (κ3) is 4.21. The largest absolute Gasteiger partial charge is 0.315 e. The molecule has 2 rings (SSSR count). The van der Waals surface area contributed by atoms with Gasteiger partial charge in [-0.1, -0.05) is 37.3 Å². The van der Waals surface area contributed by atoms with Crippen molar-refractivity contribution in [1.82, 2.24) is 15.1 Å². The van der Waals surface area contributed by atoms with Gasteiger partial charge in [-0.2, -0.15) is 5.10 Å². The van der Waals surface area contributed by atoms with E-state index in [4.69, 9.17) is 0 Å². The van der Waals surface area contributed by atoms with E-state index in [2.05, 4.69) is 54.7 Å². The molecule has 0 aliphatic carbocycles. The third-order valence-corrected chi connectivity index (χ3v) is 3.32. The number of aryl methyl sites for hydroxylation is 1. The summed E-state index contributed by atoms with van der Waals surface area (Å²) in [5.41, 5.74) is 2.43. The Balaban J connectivity index is 1.85. The van der Waals surface area contributed by atoms with Crippen molar-refractivity contribution in [1.29, 1.82) is 0 Å².